The number of carbonyl (C=O) groups is 1. The summed E-state index contributed by atoms with van der Waals surface area (Å²) in [6, 6.07) is 0. The molecule has 1 aliphatic rings. The minimum atomic E-state index is -4.87. The Morgan fingerprint density at radius 3 is 2.00 bits per heavy atom. The van der Waals surface area contributed by atoms with Crippen molar-refractivity contribution in [2.24, 2.45) is 11.8 Å². The van der Waals surface area contributed by atoms with Crippen LogP contribution in [0.15, 0.2) is 23.0 Å². The first kappa shape index (κ1) is 16.3. The summed E-state index contributed by atoms with van der Waals surface area (Å²) in [5.41, 5.74) is -1.49. The quantitative estimate of drug-likeness (QED) is 0.479. The molecular weight excluding hydrogens is 311 g/mol. The third kappa shape index (κ3) is 3.23. The van der Waals surface area contributed by atoms with E-state index in [0.717, 1.165) is 0 Å². The molecule has 0 aromatic rings. The average Bonchev–Trinajstić information content (AvgIpc) is 2.75. The summed E-state index contributed by atoms with van der Waals surface area (Å²) in [7, 11) is 0. The molecule has 0 spiro atoms. The van der Waals surface area contributed by atoms with Gasteiger partial charge in [0.2, 0.25) is 0 Å². The number of alkyl halides is 5. The van der Waals surface area contributed by atoms with Crippen LogP contribution in [0.25, 0.3) is 0 Å². The van der Waals surface area contributed by atoms with E-state index < -0.39 is 39.7 Å². The largest absolute Gasteiger partial charge is 0.481 e. The second kappa shape index (κ2) is 4.98. The molecule has 2 atom stereocenters. The fourth-order valence-corrected chi connectivity index (χ4v) is 2.80. The van der Waals surface area contributed by atoms with Gasteiger partial charge in [-0.3, -0.25) is 4.79 Å². The van der Waals surface area contributed by atoms with Gasteiger partial charge in [0.25, 0.3) is 0 Å². The van der Waals surface area contributed by atoms with Crippen molar-refractivity contribution in [3.05, 3.63) is 23.0 Å². The second-order valence-electron chi connectivity index (χ2n) is 4.30. The van der Waals surface area contributed by atoms with Crippen LogP contribution in [0.4, 0.5) is 17.6 Å². The number of hydrogen-bond acceptors (Lipinski definition) is 1. The van der Waals surface area contributed by atoms with Crippen molar-refractivity contribution >= 4 is 29.2 Å². The van der Waals surface area contributed by atoms with Gasteiger partial charge in [0.15, 0.2) is 0 Å². The fourth-order valence-electron chi connectivity index (χ4n) is 1.89. The number of carboxylic acids is 1. The van der Waals surface area contributed by atoms with Gasteiger partial charge in [-0.2, -0.15) is 13.2 Å². The Bertz CT molecular complexity index is 462. The van der Waals surface area contributed by atoms with Crippen molar-refractivity contribution in [3.63, 3.8) is 0 Å². The van der Waals surface area contributed by atoms with Crippen LogP contribution < -0.4 is 0 Å². The van der Waals surface area contributed by atoms with Crippen LogP contribution in [-0.4, -0.2) is 21.6 Å². The minimum absolute atomic E-state index is 0.0262. The van der Waals surface area contributed by atoms with Crippen LogP contribution in [-0.2, 0) is 4.79 Å². The van der Waals surface area contributed by atoms with E-state index in [4.69, 9.17) is 28.3 Å². The van der Waals surface area contributed by atoms with Crippen molar-refractivity contribution < 1.29 is 27.5 Å². The Morgan fingerprint density at radius 2 is 1.74 bits per heavy atom. The zero-order chi connectivity index (χ0) is 15.2. The van der Waals surface area contributed by atoms with Gasteiger partial charge in [-0.1, -0.05) is 28.8 Å². The third-order valence-corrected chi connectivity index (χ3v) is 3.80. The molecule has 19 heavy (non-hydrogen) atoms. The third-order valence-electron chi connectivity index (χ3n) is 2.86. The lowest BCUT2D eigenvalue weighted by atomic mass is 10.1. The molecule has 0 saturated heterocycles. The maximum Gasteiger partial charge on any atom is 0.418 e. The molecule has 1 aliphatic carbocycles. The highest BCUT2D eigenvalue weighted by Gasteiger charge is 2.68. The van der Waals surface area contributed by atoms with E-state index in [0.29, 0.717) is 13.0 Å². The summed E-state index contributed by atoms with van der Waals surface area (Å²) >= 11 is 11.4. The molecule has 8 heteroatoms. The predicted octanol–water partition coefficient (Wildman–Crippen LogP) is 4.24. The Kier molecular flexibility index (Phi) is 4.27. The van der Waals surface area contributed by atoms with Crippen LogP contribution >= 0.6 is 23.2 Å². The van der Waals surface area contributed by atoms with Crippen molar-refractivity contribution in [3.8, 4) is 0 Å². The van der Waals surface area contributed by atoms with Gasteiger partial charge < -0.3 is 5.11 Å². The van der Waals surface area contributed by atoms with E-state index in [1.807, 2.05) is 0 Å². The first-order chi connectivity index (χ1) is 8.40. The topological polar surface area (TPSA) is 37.3 Å². The van der Waals surface area contributed by atoms with Crippen molar-refractivity contribution in [1.82, 2.24) is 0 Å². The van der Waals surface area contributed by atoms with E-state index in [-0.39, 0.29) is 5.57 Å². The first-order valence-corrected chi connectivity index (χ1v) is 5.88. The predicted molar refractivity (Wildman–Crippen MR) is 62.7 cm³/mol. The van der Waals surface area contributed by atoms with Gasteiger partial charge in [-0.05, 0) is 19.9 Å². The van der Waals surface area contributed by atoms with Gasteiger partial charge in [0, 0.05) is 5.92 Å². The number of hydrogen-bond donors (Lipinski definition) is 1. The number of allylic oxidation sites excluding steroid dienone is 4. The second-order valence-corrected chi connectivity index (χ2v) is 5.75. The maximum absolute atomic E-state index is 12.9. The molecule has 2 nitrogen and oxygen atoms in total. The average molecular weight is 321 g/mol. The highest BCUT2D eigenvalue weighted by molar-refractivity contribution is 6.53. The lowest BCUT2D eigenvalue weighted by Gasteiger charge is -2.09. The zero-order valence-electron chi connectivity index (χ0n) is 9.86. The lowest BCUT2D eigenvalue weighted by Crippen LogP contribution is -2.12. The molecule has 1 rings (SSSR count). The highest BCUT2D eigenvalue weighted by Crippen LogP contribution is 2.62. The van der Waals surface area contributed by atoms with E-state index in [1.165, 1.54) is 6.92 Å². The van der Waals surface area contributed by atoms with Crippen LogP contribution in [0.1, 0.15) is 13.8 Å². The van der Waals surface area contributed by atoms with E-state index >= 15 is 0 Å². The summed E-state index contributed by atoms with van der Waals surface area (Å²) < 4.78 is 48.8. The smallest absolute Gasteiger partial charge is 0.418 e. The summed E-state index contributed by atoms with van der Waals surface area (Å²) in [5, 5.41) is 8.81. The zero-order valence-corrected chi connectivity index (χ0v) is 11.4. The molecule has 0 bridgehead atoms. The van der Waals surface area contributed by atoms with Gasteiger partial charge >= 0.3 is 12.1 Å². The molecule has 1 fully saturated rings. The molecule has 0 aromatic carbocycles. The molecular formula is C11H10Cl2F4O2. The Balaban J connectivity index is 3.09. The lowest BCUT2D eigenvalue weighted by molar-refractivity contribution is -0.138. The molecule has 108 valence electrons. The maximum atomic E-state index is 12.9. The molecule has 0 heterocycles. The number of aliphatic carboxylic acids is 1. The molecule has 0 aliphatic heterocycles. The summed E-state index contributed by atoms with van der Waals surface area (Å²) in [6.45, 7) is 1.91. The van der Waals surface area contributed by atoms with Crippen LogP contribution in [0.5, 0.6) is 0 Å². The van der Waals surface area contributed by atoms with Crippen molar-refractivity contribution in [1.29, 1.82) is 0 Å². The Morgan fingerprint density at radius 1 is 1.26 bits per heavy atom. The number of halogens is 6. The summed E-state index contributed by atoms with van der Waals surface area (Å²) in [4.78, 5) is 10.8. The molecule has 1 saturated carbocycles. The van der Waals surface area contributed by atoms with Crippen LogP contribution in [0, 0.1) is 11.8 Å². The number of rotatable bonds is 3. The van der Waals surface area contributed by atoms with E-state index in [2.05, 4.69) is 0 Å². The standard InChI is InChI=1S/C11H10Cl2F4O2/c1-4(3-6(5(2)14)11(15,16)17)7-8(9(18)19)10(7,12)13/h3,7-8H,1-2H3,(H,18,19)/b4-3+,6-5-. The normalized spacial score (nSPS) is 27.9. The highest BCUT2D eigenvalue weighted by atomic mass is 35.5. The summed E-state index contributed by atoms with van der Waals surface area (Å²) in [5.74, 6) is -4.88. The van der Waals surface area contributed by atoms with Gasteiger partial charge in [0.1, 0.15) is 10.2 Å². The van der Waals surface area contributed by atoms with Gasteiger partial charge in [0.05, 0.1) is 11.5 Å². The molecule has 0 radical (unpaired) electrons. The Labute approximate surface area is 116 Å². The first-order valence-electron chi connectivity index (χ1n) is 5.13. The monoisotopic (exact) mass is 320 g/mol. The molecule has 0 aromatic heterocycles. The van der Waals surface area contributed by atoms with Crippen LogP contribution in [0.3, 0.4) is 0 Å². The molecule has 1 N–H and O–H groups in total. The molecule has 0 amide bonds. The van der Waals surface area contributed by atoms with Crippen molar-refractivity contribution in [2.75, 3.05) is 0 Å². The van der Waals surface area contributed by atoms with Gasteiger partial charge in [-0.25, -0.2) is 4.39 Å². The summed E-state index contributed by atoms with van der Waals surface area (Å²) in [6.07, 6.45) is -4.32. The fraction of sp³-hybridized carbons (Fsp3) is 0.545. The van der Waals surface area contributed by atoms with E-state index in [9.17, 15) is 22.4 Å². The molecule has 2 unspecified atom stereocenters. The van der Waals surface area contributed by atoms with E-state index in [1.54, 1.807) is 0 Å². The van der Waals surface area contributed by atoms with Gasteiger partial charge in [-0.15, -0.1) is 0 Å². The van der Waals surface area contributed by atoms with Crippen LogP contribution in [0.2, 0.25) is 0 Å². The number of carboxylic acid groups (broad SMARTS) is 1. The van der Waals surface area contributed by atoms with Crippen molar-refractivity contribution in [2.45, 2.75) is 24.4 Å². The SMILES string of the molecule is C/C(F)=C(\C=C(/C)C1C(C(=O)O)C1(Cl)Cl)C(F)(F)F. The Hall–Kier alpha value is -0.750. The minimum Gasteiger partial charge on any atom is -0.481 e.